The zero-order valence-corrected chi connectivity index (χ0v) is 11.0. The average Bonchev–Trinajstić information content (AvgIpc) is 2.37. The van der Waals surface area contributed by atoms with Gasteiger partial charge in [-0.2, -0.15) is 0 Å². The maximum Gasteiger partial charge on any atom is 0.119 e. The van der Waals surface area contributed by atoms with Gasteiger partial charge < -0.3 is 15.4 Å². The molecule has 0 spiro atoms. The molecule has 1 rings (SSSR count). The van der Waals surface area contributed by atoms with Crippen molar-refractivity contribution in [3.8, 4) is 5.75 Å². The first-order valence-corrected chi connectivity index (χ1v) is 6.49. The summed E-state index contributed by atoms with van der Waals surface area (Å²) in [6, 6.07) is 8.28. The summed E-state index contributed by atoms with van der Waals surface area (Å²) >= 11 is 0. The maximum atomic E-state index is 5.47. The lowest BCUT2D eigenvalue weighted by atomic mass is 10.2. The molecule has 0 aliphatic heterocycles. The lowest BCUT2D eigenvalue weighted by molar-refractivity contribution is 0.328. The molecule has 0 amide bonds. The van der Waals surface area contributed by atoms with Gasteiger partial charge in [-0.05, 0) is 37.1 Å². The lowest BCUT2D eigenvalue weighted by Gasteiger charge is -2.23. The summed E-state index contributed by atoms with van der Waals surface area (Å²) < 4.78 is 5.47. The van der Waals surface area contributed by atoms with Crippen LogP contribution < -0.4 is 15.4 Å². The van der Waals surface area contributed by atoms with E-state index in [2.05, 4.69) is 30.9 Å². The number of anilines is 1. The van der Waals surface area contributed by atoms with Crippen molar-refractivity contribution in [2.75, 3.05) is 31.1 Å². The van der Waals surface area contributed by atoms with Crippen LogP contribution in [0.5, 0.6) is 5.75 Å². The molecule has 1 aromatic carbocycles. The topological polar surface area (TPSA) is 38.5 Å². The Hall–Kier alpha value is -1.22. The Balaban J connectivity index is 2.63. The van der Waals surface area contributed by atoms with Gasteiger partial charge in [-0.3, -0.25) is 0 Å². The van der Waals surface area contributed by atoms with E-state index in [4.69, 9.17) is 10.5 Å². The van der Waals surface area contributed by atoms with Crippen LogP contribution in [0, 0.1) is 0 Å². The summed E-state index contributed by atoms with van der Waals surface area (Å²) in [5, 5.41) is 0. The Bertz CT molecular complexity index is 292. The van der Waals surface area contributed by atoms with Gasteiger partial charge in [0.1, 0.15) is 12.4 Å². The van der Waals surface area contributed by atoms with Gasteiger partial charge in [-0.15, -0.1) is 0 Å². The van der Waals surface area contributed by atoms with Gasteiger partial charge in [0, 0.05) is 25.3 Å². The molecule has 0 unspecified atom stereocenters. The van der Waals surface area contributed by atoms with E-state index in [-0.39, 0.29) is 0 Å². The summed E-state index contributed by atoms with van der Waals surface area (Å²) in [7, 11) is 0. The summed E-state index contributed by atoms with van der Waals surface area (Å²) in [5.74, 6) is 0.896. The summed E-state index contributed by atoms with van der Waals surface area (Å²) in [6.45, 7) is 7.77. The molecule has 0 heterocycles. The van der Waals surface area contributed by atoms with Crippen LogP contribution in [-0.2, 0) is 0 Å². The largest absolute Gasteiger partial charge is 0.492 e. The van der Waals surface area contributed by atoms with E-state index in [0.717, 1.165) is 18.8 Å². The van der Waals surface area contributed by atoms with E-state index in [1.165, 1.54) is 18.5 Å². The fourth-order valence-corrected chi connectivity index (χ4v) is 1.84. The predicted octanol–water partition coefficient (Wildman–Crippen LogP) is 2.65. The van der Waals surface area contributed by atoms with Crippen molar-refractivity contribution in [3.05, 3.63) is 24.3 Å². The van der Waals surface area contributed by atoms with Crippen LogP contribution in [0.3, 0.4) is 0 Å². The molecule has 0 radical (unpaired) electrons. The minimum Gasteiger partial charge on any atom is -0.492 e. The fraction of sp³-hybridized carbons (Fsp3) is 0.571. The Morgan fingerprint density at radius 2 is 1.65 bits per heavy atom. The molecule has 0 fully saturated rings. The SMILES string of the molecule is CCCN(CCC)c1ccc(OCCN)cc1. The second-order valence-corrected chi connectivity index (χ2v) is 4.12. The number of nitrogens with two attached hydrogens (primary N) is 1. The lowest BCUT2D eigenvalue weighted by Crippen LogP contribution is -2.24. The highest BCUT2D eigenvalue weighted by atomic mass is 16.5. The second kappa shape index (κ2) is 7.96. The van der Waals surface area contributed by atoms with E-state index in [9.17, 15) is 0 Å². The monoisotopic (exact) mass is 236 g/mol. The molecule has 3 nitrogen and oxygen atoms in total. The quantitative estimate of drug-likeness (QED) is 0.754. The average molecular weight is 236 g/mol. The van der Waals surface area contributed by atoms with E-state index in [1.54, 1.807) is 0 Å². The van der Waals surface area contributed by atoms with E-state index in [1.807, 2.05) is 12.1 Å². The number of ether oxygens (including phenoxy) is 1. The van der Waals surface area contributed by atoms with Gasteiger partial charge in [-0.25, -0.2) is 0 Å². The van der Waals surface area contributed by atoms with Crippen molar-refractivity contribution in [3.63, 3.8) is 0 Å². The Kier molecular flexibility index (Phi) is 6.48. The number of benzene rings is 1. The molecule has 0 saturated heterocycles. The maximum absolute atomic E-state index is 5.47. The summed E-state index contributed by atoms with van der Waals surface area (Å²) in [4.78, 5) is 2.41. The molecular formula is C14H24N2O. The third kappa shape index (κ3) is 4.65. The molecule has 0 aliphatic carbocycles. The number of rotatable bonds is 8. The van der Waals surface area contributed by atoms with Crippen LogP contribution in [0.4, 0.5) is 5.69 Å². The van der Waals surface area contributed by atoms with E-state index >= 15 is 0 Å². The van der Waals surface area contributed by atoms with Gasteiger partial charge in [-0.1, -0.05) is 13.8 Å². The van der Waals surface area contributed by atoms with Crippen LogP contribution >= 0.6 is 0 Å². The van der Waals surface area contributed by atoms with Crippen molar-refractivity contribution in [2.24, 2.45) is 5.73 Å². The van der Waals surface area contributed by atoms with Gasteiger partial charge in [0.25, 0.3) is 0 Å². The highest BCUT2D eigenvalue weighted by Crippen LogP contribution is 2.19. The zero-order valence-electron chi connectivity index (χ0n) is 11.0. The van der Waals surface area contributed by atoms with Crippen LogP contribution in [0.15, 0.2) is 24.3 Å². The van der Waals surface area contributed by atoms with Crippen molar-refractivity contribution in [2.45, 2.75) is 26.7 Å². The van der Waals surface area contributed by atoms with Crippen LogP contribution in [0.1, 0.15) is 26.7 Å². The van der Waals surface area contributed by atoms with Crippen LogP contribution in [-0.4, -0.2) is 26.2 Å². The summed E-state index contributed by atoms with van der Waals surface area (Å²) in [6.07, 6.45) is 2.34. The molecule has 0 aliphatic rings. The Morgan fingerprint density at radius 1 is 1.06 bits per heavy atom. The highest BCUT2D eigenvalue weighted by Gasteiger charge is 2.04. The van der Waals surface area contributed by atoms with Crippen molar-refractivity contribution >= 4 is 5.69 Å². The van der Waals surface area contributed by atoms with Gasteiger partial charge in [0.05, 0.1) is 0 Å². The molecule has 0 atom stereocenters. The third-order valence-electron chi connectivity index (χ3n) is 2.58. The fourth-order valence-electron chi connectivity index (χ4n) is 1.84. The first kappa shape index (κ1) is 13.8. The first-order valence-electron chi connectivity index (χ1n) is 6.49. The molecule has 3 heteroatoms. The normalized spacial score (nSPS) is 10.3. The first-order chi connectivity index (χ1) is 8.31. The standard InChI is InChI=1S/C14H24N2O/c1-3-10-16(11-4-2)13-5-7-14(8-6-13)17-12-9-15/h5-8H,3-4,9-12,15H2,1-2H3. The van der Waals surface area contributed by atoms with Crippen molar-refractivity contribution < 1.29 is 4.74 Å². The van der Waals surface area contributed by atoms with Crippen LogP contribution in [0.2, 0.25) is 0 Å². The molecule has 1 aromatic rings. The molecule has 0 aromatic heterocycles. The van der Waals surface area contributed by atoms with Crippen molar-refractivity contribution in [1.82, 2.24) is 0 Å². The second-order valence-electron chi connectivity index (χ2n) is 4.12. The van der Waals surface area contributed by atoms with Gasteiger partial charge >= 0.3 is 0 Å². The number of nitrogens with zero attached hydrogens (tertiary/aromatic N) is 1. The van der Waals surface area contributed by atoms with Crippen LogP contribution in [0.25, 0.3) is 0 Å². The third-order valence-corrected chi connectivity index (χ3v) is 2.58. The molecular weight excluding hydrogens is 212 g/mol. The van der Waals surface area contributed by atoms with E-state index < -0.39 is 0 Å². The number of hydrogen-bond donors (Lipinski definition) is 1. The molecule has 2 N–H and O–H groups in total. The number of hydrogen-bond acceptors (Lipinski definition) is 3. The molecule has 0 bridgehead atoms. The van der Waals surface area contributed by atoms with Gasteiger partial charge in [0.15, 0.2) is 0 Å². The minimum atomic E-state index is 0.555. The van der Waals surface area contributed by atoms with E-state index in [0.29, 0.717) is 13.2 Å². The van der Waals surface area contributed by atoms with Crippen molar-refractivity contribution in [1.29, 1.82) is 0 Å². The molecule has 96 valence electrons. The Labute approximate surface area is 105 Å². The smallest absolute Gasteiger partial charge is 0.119 e. The highest BCUT2D eigenvalue weighted by molar-refractivity contribution is 5.49. The summed E-state index contributed by atoms with van der Waals surface area (Å²) in [5.41, 5.74) is 6.67. The molecule has 0 saturated carbocycles. The minimum absolute atomic E-state index is 0.555. The predicted molar refractivity (Wildman–Crippen MR) is 73.8 cm³/mol. The van der Waals surface area contributed by atoms with Gasteiger partial charge in [0.2, 0.25) is 0 Å². The molecule has 17 heavy (non-hydrogen) atoms. The zero-order chi connectivity index (χ0) is 12.5. The Morgan fingerprint density at radius 3 is 2.12 bits per heavy atom.